The molecule has 4 heteroatoms. The van der Waals surface area contributed by atoms with Crippen LogP contribution in [0.15, 0.2) is 12.1 Å². The summed E-state index contributed by atoms with van der Waals surface area (Å²) < 4.78 is 14.0. The first-order valence-corrected chi connectivity index (χ1v) is 8.79. The van der Waals surface area contributed by atoms with Crippen LogP contribution in [0.3, 0.4) is 0 Å². The lowest BCUT2D eigenvalue weighted by Gasteiger charge is -2.25. The van der Waals surface area contributed by atoms with Crippen molar-refractivity contribution >= 4 is 5.91 Å². The summed E-state index contributed by atoms with van der Waals surface area (Å²) in [5, 5.41) is 3.11. The van der Waals surface area contributed by atoms with Crippen LogP contribution < -0.4 is 5.32 Å². The second-order valence-corrected chi connectivity index (χ2v) is 7.24. The average molecular weight is 318 g/mol. The molecule has 3 nitrogen and oxygen atoms in total. The van der Waals surface area contributed by atoms with Crippen LogP contribution in [0.5, 0.6) is 0 Å². The smallest absolute Gasteiger partial charge is 0.223 e. The maximum Gasteiger partial charge on any atom is 0.223 e. The first-order chi connectivity index (χ1) is 11.0. The maximum absolute atomic E-state index is 14.0. The van der Waals surface area contributed by atoms with Crippen LogP contribution >= 0.6 is 0 Å². The van der Waals surface area contributed by atoms with E-state index in [1.807, 2.05) is 26.0 Å². The minimum atomic E-state index is -0.0778. The summed E-state index contributed by atoms with van der Waals surface area (Å²) in [5.41, 5.74) is 2.56. The predicted molar refractivity (Wildman–Crippen MR) is 89.6 cm³/mol. The highest BCUT2D eigenvalue weighted by atomic mass is 19.1. The first kappa shape index (κ1) is 16.4. The molecule has 0 bridgehead atoms. The zero-order valence-corrected chi connectivity index (χ0v) is 14.2. The number of nitrogens with zero attached hydrogens (tertiary/aromatic N) is 1. The largest absolute Gasteiger partial charge is 0.356 e. The van der Waals surface area contributed by atoms with Gasteiger partial charge in [0.05, 0.1) is 0 Å². The van der Waals surface area contributed by atoms with Crippen molar-refractivity contribution in [3.8, 4) is 0 Å². The quantitative estimate of drug-likeness (QED) is 0.904. The van der Waals surface area contributed by atoms with Gasteiger partial charge in [0.15, 0.2) is 0 Å². The van der Waals surface area contributed by atoms with Crippen LogP contribution in [0.25, 0.3) is 0 Å². The van der Waals surface area contributed by atoms with Gasteiger partial charge in [-0.3, -0.25) is 9.69 Å². The molecule has 0 radical (unpaired) electrons. The minimum absolute atomic E-state index is 0.0778. The maximum atomic E-state index is 14.0. The summed E-state index contributed by atoms with van der Waals surface area (Å²) in [5.74, 6) is 0.956. The van der Waals surface area contributed by atoms with E-state index in [-0.39, 0.29) is 17.6 Å². The Morgan fingerprint density at radius 1 is 1.30 bits per heavy atom. The molecule has 1 N–H and O–H groups in total. The van der Waals surface area contributed by atoms with Gasteiger partial charge in [0.1, 0.15) is 5.82 Å². The van der Waals surface area contributed by atoms with Gasteiger partial charge in [0, 0.05) is 25.6 Å². The number of aryl methyl sites for hydroxylation is 1. The average Bonchev–Trinajstić information content (AvgIpc) is 2.92. The monoisotopic (exact) mass is 318 g/mol. The normalized spacial score (nSPS) is 22.1. The zero-order chi connectivity index (χ0) is 16.4. The highest BCUT2D eigenvalue weighted by molar-refractivity contribution is 5.79. The molecule has 1 saturated heterocycles. The van der Waals surface area contributed by atoms with Gasteiger partial charge in [0.2, 0.25) is 5.91 Å². The van der Waals surface area contributed by atoms with Gasteiger partial charge in [-0.2, -0.15) is 0 Å². The molecule has 1 aromatic carbocycles. The molecule has 1 aliphatic heterocycles. The zero-order valence-electron chi connectivity index (χ0n) is 14.2. The fourth-order valence-corrected chi connectivity index (χ4v) is 3.56. The molecule has 23 heavy (non-hydrogen) atoms. The van der Waals surface area contributed by atoms with Gasteiger partial charge in [-0.25, -0.2) is 4.39 Å². The first-order valence-electron chi connectivity index (χ1n) is 8.79. The Morgan fingerprint density at radius 3 is 2.78 bits per heavy atom. The molecule has 2 fully saturated rings. The summed E-state index contributed by atoms with van der Waals surface area (Å²) in [6.45, 7) is 7.27. The van der Waals surface area contributed by atoms with Gasteiger partial charge >= 0.3 is 0 Å². The van der Waals surface area contributed by atoms with Crippen molar-refractivity contribution in [3.63, 3.8) is 0 Å². The van der Waals surface area contributed by atoms with Crippen molar-refractivity contribution in [1.82, 2.24) is 10.2 Å². The number of amides is 1. The fraction of sp³-hybridized carbons (Fsp3) is 0.632. The van der Waals surface area contributed by atoms with Gasteiger partial charge in [-0.05, 0) is 62.3 Å². The summed E-state index contributed by atoms with van der Waals surface area (Å²) in [6.07, 6.45) is 4.42. The van der Waals surface area contributed by atoms with Crippen LogP contribution in [0.1, 0.15) is 42.4 Å². The van der Waals surface area contributed by atoms with Gasteiger partial charge in [0.25, 0.3) is 0 Å². The summed E-state index contributed by atoms with van der Waals surface area (Å²) in [4.78, 5) is 14.3. The predicted octanol–water partition coefficient (Wildman–Crippen LogP) is 3.18. The fourth-order valence-electron chi connectivity index (χ4n) is 3.56. The third kappa shape index (κ3) is 3.74. The highest BCUT2D eigenvalue weighted by Crippen LogP contribution is 2.27. The number of carbonyl (C=O) groups is 1. The number of likely N-dealkylation sites (tertiary alicyclic amines) is 1. The molecule has 126 valence electrons. The number of benzene rings is 1. The van der Waals surface area contributed by atoms with Crippen molar-refractivity contribution in [1.29, 1.82) is 0 Å². The molecule has 0 aromatic heterocycles. The van der Waals surface area contributed by atoms with Crippen molar-refractivity contribution in [2.24, 2.45) is 11.8 Å². The van der Waals surface area contributed by atoms with Crippen LogP contribution in [0.4, 0.5) is 4.39 Å². The van der Waals surface area contributed by atoms with Crippen LogP contribution in [-0.4, -0.2) is 30.4 Å². The third-order valence-corrected chi connectivity index (χ3v) is 5.50. The third-order valence-electron chi connectivity index (χ3n) is 5.50. The molecule has 1 aromatic rings. The Morgan fingerprint density at radius 2 is 2.09 bits per heavy atom. The van der Waals surface area contributed by atoms with E-state index in [2.05, 4.69) is 10.2 Å². The Labute approximate surface area is 138 Å². The lowest BCUT2D eigenvalue weighted by Crippen LogP contribution is -2.37. The summed E-state index contributed by atoms with van der Waals surface area (Å²) in [7, 11) is 0. The molecule has 1 saturated carbocycles. The molecule has 0 spiro atoms. The lowest BCUT2D eigenvalue weighted by molar-refractivity contribution is -0.127. The van der Waals surface area contributed by atoms with E-state index in [0.717, 1.165) is 56.6 Å². The minimum Gasteiger partial charge on any atom is -0.356 e. The van der Waals surface area contributed by atoms with Crippen LogP contribution in [0.2, 0.25) is 0 Å². The van der Waals surface area contributed by atoms with E-state index < -0.39 is 0 Å². The Kier molecular flexibility index (Phi) is 5.00. The number of halogens is 1. The Bertz CT molecular complexity index is 583. The molecular weight excluding hydrogens is 291 g/mol. The van der Waals surface area contributed by atoms with E-state index in [0.29, 0.717) is 11.5 Å². The number of hydrogen-bond acceptors (Lipinski definition) is 2. The Balaban J connectivity index is 1.48. The van der Waals surface area contributed by atoms with E-state index in [9.17, 15) is 9.18 Å². The van der Waals surface area contributed by atoms with Crippen LogP contribution in [-0.2, 0) is 11.3 Å². The number of hydrogen-bond donors (Lipinski definition) is 1. The van der Waals surface area contributed by atoms with E-state index in [1.54, 1.807) is 0 Å². The molecule has 1 amide bonds. The second kappa shape index (κ2) is 7.00. The van der Waals surface area contributed by atoms with Gasteiger partial charge < -0.3 is 5.32 Å². The van der Waals surface area contributed by atoms with Crippen molar-refractivity contribution in [2.45, 2.75) is 46.1 Å². The number of rotatable bonds is 5. The number of carbonyl (C=O) groups excluding carboxylic acids is 1. The molecule has 2 aliphatic rings. The van der Waals surface area contributed by atoms with E-state index >= 15 is 0 Å². The van der Waals surface area contributed by atoms with Crippen molar-refractivity contribution < 1.29 is 9.18 Å². The molecule has 1 atom stereocenters. The molecule has 1 aliphatic carbocycles. The molecule has 0 unspecified atom stereocenters. The second-order valence-electron chi connectivity index (χ2n) is 7.24. The van der Waals surface area contributed by atoms with E-state index in [1.165, 1.54) is 6.42 Å². The highest BCUT2D eigenvalue weighted by Gasteiger charge is 2.27. The van der Waals surface area contributed by atoms with E-state index in [4.69, 9.17) is 0 Å². The van der Waals surface area contributed by atoms with Gasteiger partial charge in [-0.15, -0.1) is 0 Å². The van der Waals surface area contributed by atoms with Crippen LogP contribution in [0, 0.1) is 31.5 Å². The molecule has 1 heterocycles. The summed E-state index contributed by atoms with van der Waals surface area (Å²) >= 11 is 0. The molecule has 3 rings (SSSR count). The lowest BCUT2D eigenvalue weighted by atomic mass is 9.85. The summed E-state index contributed by atoms with van der Waals surface area (Å²) in [6, 6.07) is 3.91. The van der Waals surface area contributed by atoms with Crippen molar-refractivity contribution in [3.05, 3.63) is 34.6 Å². The standard InChI is InChI=1S/C19H27FN2O/c1-13-6-7-17(14(2)18(13)20)12-22-9-8-15(11-22)10-21-19(23)16-4-3-5-16/h6-7,15-16H,3-5,8-12H2,1-2H3,(H,21,23)/t15-/m0/s1. The number of nitrogens with one attached hydrogen (secondary N) is 1. The SMILES string of the molecule is Cc1ccc(CN2CC[C@@H](CNC(=O)C3CCC3)C2)c(C)c1F. The van der Waals surface area contributed by atoms with Crippen molar-refractivity contribution in [2.75, 3.05) is 19.6 Å². The topological polar surface area (TPSA) is 32.3 Å². The Hall–Kier alpha value is -1.42. The molecular formula is C19H27FN2O. The van der Waals surface area contributed by atoms with Gasteiger partial charge in [-0.1, -0.05) is 18.6 Å².